The van der Waals surface area contributed by atoms with Gasteiger partial charge in [0.25, 0.3) is 0 Å². The topological polar surface area (TPSA) is 105 Å². The second-order valence-corrected chi connectivity index (χ2v) is 8.76. The molecule has 2 aromatic rings. The minimum absolute atomic E-state index is 0.0491. The quantitative estimate of drug-likeness (QED) is 0.586. The number of carboxylic acids is 1. The monoisotopic (exact) mass is 436 g/mol. The van der Waals surface area contributed by atoms with E-state index in [0.717, 1.165) is 35.1 Å². The Balaban J connectivity index is 1.42. The lowest BCUT2D eigenvalue weighted by atomic mass is 9.97. The van der Waals surface area contributed by atoms with Gasteiger partial charge in [-0.3, -0.25) is 4.79 Å². The van der Waals surface area contributed by atoms with Crippen LogP contribution in [0.15, 0.2) is 48.5 Å². The van der Waals surface area contributed by atoms with Gasteiger partial charge in [0.15, 0.2) is 0 Å². The number of aliphatic carboxylic acids is 1. The number of hydrogen-bond acceptors (Lipinski definition) is 4. The summed E-state index contributed by atoms with van der Waals surface area (Å²) in [6, 6.07) is 15.2. The van der Waals surface area contributed by atoms with E-state index < -0.39 is 29.6 Å². The maximum atomic E-state index is 12.8. The number of carbonyl (C=O) groups is 3. The summed E-state index contributed by atoms with van der Waals surface area (Å²) in [7, 11) is 0. The van der Waals surface area contributed by atoms with Crippen molar-refractivity contribution in [2.24, 2.45) is 5.92 Å². The van der Waals surface area contributed by atoms with Crippen molar-refractivity contribution in [2.45, 2.75) is 50.6 Å². The highest BCUT2D eigenvalue weighted by molar-refractivity contribution is 5.92. The molecule has 0 aromatic heterocycles. The van der Waals surface area contributed by atoms with Gasteiger partial charge in [0.1, 0.15) is 18.2 Å². The Morgan fingerprint density at radius 2 is 1.62 bits per heavy atom. The molecular formula is C25H28N2O5. The number of fused-ring (bicyclic) bond motifs is 3. The van der Waals surface area contributed by atoms with E-state index in [1.165, 1.54) is 0 Å². The van der Waals surface area contributed by atoms with Gasteiger partial charge in [0.05, 0.1) is 0 Å². The second kappa shape index (κ2) is 8.65. The lowest BCUT2D eigenvalue weighted by Crippen LogP contribution is -2.59. The molecular weight excluding hydrogens is 408 g/mol. The average Bonchev–Trinajstić information content (AvgIpc) is 3.58. The summed E-state index contributed by atoms with van der Waals surface area (Å²) < 4.78 is 5.55. The number of nitrogens with one attached hydrogen (secondary N) is 2. The zero-order valence-electron chi connectivity index (χ0n) is 18.3. The maximum Gasteiger partial charge on any atom is 0.408 e. The molecule has 7 nitrogen and oxygen atoms in total. The number of amides is 2. The van der Waals surface area contributed by atoms with E-state index >= 15 is 0 Å². The Bertz CT molecular complexity index is 1000. The maximum absolute atomic E-state index is 12.8. The summed E-state index contributed by atoms with van der Waals surface area (Å²) in [6.45, 7) is 3.48. The molecule has 3 N–H and O–H groups in total. The van der Waals surface area contributed by atoms with Gasteiger partial charge in [-0.15, -0.1) is 0 Å². The highest BCUT2D eigenvalue weighted by atomic mass is 16.5. The molecule has 32 heavy (non-hydrogen) atoms. The molecule has 1 fully saturated rings. The van der Waals surface area contributed by atoms with Crippen molar-refractivity contribution >= 4 is 18.0 Å². The number of benzene rings is 2. The van der Waals surface area contributed by atoms with Crippen LogP contribution in [-0.4, -0.2) is 41.3 Å². The van der Waals surface area contributed by atoms with Crippen molar-refractivity contribution in [2.75, 3.05) is 6.61 Å². The number of rotatable bonds is 8. The fraction of sp³-hybridized carbons (Fsp3) is 0.400. The Kier molecular flexibility index (Phi) is 5.91. The molecule has 1 saturated carbocycles. The zero-order chi connectivity index (χ0) is 22.9. The minimum Gasteiger partial charge on any atom is -0.480 e. The van der Waals surface area contributed by atoms with E-state index in [9.17, 15) is 19.5 Å². The molecule has 2 aromatic carbocycles. The third kappa shape index (κ3) is 4.20. The fourth-order valence-corrected chi connectivity index (χ4v) is 4.28. The van der Waals surface area contributed by atoms with Crippen LogP contribution in [0.5, 0.6) is 0 Å². The van der Waals surface area contributed by atoms with Gasteiger partial charge in [-0.2, -0.15) is 0 Å². The van der Waals surface area contributed by atoms with Crippen LogP contribution < -0.4 is 10.6 Å². The van der Waals surface area contributed by atoms with Crippen molar-refractivity contribution in [1.29, 1.82) is 0 Å². The molecule has 0 spiro atoms. The van der Waals surface area contributed by atoms with Crippen molar-refractivity contribution in [3.05, 3.63) is 59.7 Å². The number of carbonyl (C=O) groups excluding carboxylic acids is 2. The molecule has 2 aliphatic rings. The van der Waals surface area contributed by atoms with Crippen LogP contribution in [0.4, 0.5) is 4.79 Å². The summed E-state index contributed by atoms with van der Waals surface area (Å²) in [5.74, 6) is -1.71. The summed E-state index contributed by atoms with van der Waals surface area (Å²) in [5.41, 5.74) is 3.20. The summed E-state index contributed by atoms with van der Waals surface area (Å²) in [4.78, 5) is 36.9. The van der Waals surface area contributed by atoms with Crippen molar-refractivity contribution in [3.8, 4) is 11.1 Å². The molecule has 2 aliphatic carbocycles. The Morgan fingerprint density at radius 3 is 2.12 bits per heavy atom. The molecule has 168 valence electrons. The van der Waals surface area contributed by atoms with Crippen molar-refractivity contribution < 1.29 is 24.2 Å². The first-order valence-electron chi connectivity index (χ1n) is 11.0. The van der Waals surface area contributed by atoms with E-state index in [-0.39, 0.29) is 18.4 Å². The average molecular weight is 437 g/mol. The Labute approximate surface area is 187 Å². The number of carboxylic acid groups (broad SMARTS) is 1. The van der Waals surface area contributed by atoms with Crippen LogP contribution in [0, 0.1) is 5.92 Å². The predicted molar refractivity (Wildman–Crippen MR) is 119 cm³/mol. The molecule has 2 amide bonds. The van der Waals surface area contributed by atoms with Crippen LogP contribution in [0.2, 0.25) is 0 Å². The normalized spacial score (nSPS) is 17.4. The third-order valence-electron chi connectivity index (χ3n) is 6.58. The third-order valence-corrected chi connectivity index (χ3v) is 6.58. The van der Waals surface area contributed by atoms with E-state index in [2.05, 4.69) is 22.8 Å². The molecule has 2 unspecified atom stereocenters. The summed E-state index contributed by atoms with van der Waals surface area (Å²) >= 11 is 0. The standard InChI is InChI=1S/C25H28N2O5/c1-3-25(2,23(30)26-21(22(28)29)15-12-13-15)27-24(31)32-14-20-18-10-6-4-8-16(18)17-9-5-7-11-19(17)20/h4-11,15,20-21H,3,12-14H2,1-2H3,(H,26,30)(H,27,31)(H,28,29). The highest BCUT2D eigenvalue weighted by Crippen LogP contribution is 2.44. The van der Waals surface area contributed by atoms with Crippen molar-refractivity contribution in [1.82, 2.24) is 10.6 Å². The van der Waals surface area contributed by atoms with Crippen molar-refractivity contribution in [3.63, 3.8) is 0 Å². The molecule has 4 rings (SSSR count). The van der Waals surface area contributed by atoms with Crippen LogP contribution in [0.3, 0.4) is 0 Å². The van der Waals surface area contributed by atoms with Crippen LogP contribution in [0.25, 0.3) is 11.1 Å². The Hall–Kier alpha value is -3.35. The fourth-order valence-electron chi connectivity index (χ4n) is 4.28. The van der Waals surface area contributed by atoms with E-state index in [1.807, 2.05) is 36.4 Å². The first-order valence-corrected chi connectivity index (χ1v) is 11.0. The minimum atomic E-state index is -1.27. The lowest BCUT2D eigenvalue weighted by molar-refractivity contribution is -0.143. The van der Waals surface area contributed by atoms with Gasteiger partial charge in [0.2, 0.25) is 5.91 Å². The highest BCUT2D eigenvalue weighted by Gasteiger charge is 2.42. The van der Waals surface area contributed by atoms with Crippen LogP contribution >= 0.6 is 0 Å². The molecule has 0 saturated heterocycles. The number of hydrogen-bond donors (Lipinski definition) is 3. The summed E-state index contributed by atoms with van der Waals surface area (Å²) in [6.07, 6.45) is 1.14. The molecule has 0 bridgehead atoms. The number of alkyl carbamates (subject to hydrolysis) is 1. The lowest BCUT2D eigenvalue weighted by Gasteiger charge is -2.29. The molecule has 0 heterocycles. The molecule has 7 heteroatoms. The first-order chi connectivity index (χ1) is 15.3. The molecule has 2 atom stereocenters. The van der Waals surface area contributed by atoms with E-state index in [4.69, 9.17) is 4.74 Å². The first kappa shape index (κ1) is 21.9. The smallest absolute Gasteiger partial charge is 0.408 e. The Morgan fingerprint density at radius 1 is 1.06 bits per heavy atom. The molecule has 0 aliphatic heterocycles. The van der Waals surface area contributed by atoms with Crippen LogP contribution in [0.1, 0.15) is 50.2 Å². The van der Waals surface area contributed by atoms with Gasteiger partial charge >= 0.3 is 12.1 Å². The van der Waals surface area contributed by atoms with Gasteiger partial charge in [-0.1, -0.05) is 55.5 Å². The zero-order valence-corrected chi connectivity index (χ0v) is 18.3. The second-order valence-electron chi connectivity index (χ2n) is 8.76. The SMILES string of the molecule is CCC(C)(NC(=O)OCC1c2ccccc2-c2ccccc21)C(=O)NC(C(=O)O)C1CC1. The van der Waals surface area contributed by atoms with Gasteiger partial charge in [0, 0.05) is 5.92 Å². The van der Waals surface area contributed by atoms with Gasteiger partial charge < -0.3 is 20.5 Å². The summed E-state index contributed by atoms with van der Waals surface area (Å²) in [5, 5.41) is 14.6. The van der Waals surface area contributed by atoms with Gasteiger partial charge in [-0.25, -0.2) is 9.59 Å². The number of ether oxygens (including phenoxy) is 1. The predicted octanol–water partition coefficient (Wildman–Crippen LogP) is 3.67. The van der Waals surface area contributed by atoms with Crippen LogP contribution in [-0.2, 0) is 14.3 Å². The van der Waals surface area contributed by atoms with E-state index in [0.29, 0.717) is 6.42 Å². The largest absolute Gasteiger partial charge is 0.480 e. The van der Waals surface area contributed by atoms with E-state index in [1.54, 1.807) is 13.8 Å². The molecule has 0 radical (unpaired) electrons. The van der Waals surface area contributed by atoms with Gasteiger partial charge in [-0.05, 0) is 54.4 Å².